The molecule has 156 valence electrons. The lowest BCUT2D eigenvalue weighted by Gasteiger charge is -2.66. The van der Waals surface area contributed by atoms with Crippen molar-refractivity contribution in [2.24, 2.45) is 45.8 Å². The Morgan fingerprint density at radius 2 is 1.86 bits per heavy atom. The van der Waals surface area contributed by atoms with Gasteiger partial charge in [0, 0.05) is 23.2 Å². The number of fused-ring (bicyclic) bond motifs is 7. The monoisotopic (exact) mass is 388 g/mol. The Balaban J connectivity index is 1.54. The van der Waals surface area contributed by atoms with Gasteiger partial charge in [0.1, 0.15) is 5.78 Å². The molecule has 1 aliphatic heterocycles. The van der Waals surface area contributed by atoms with E-state index in [0.717, 1.165) is 32.1 Å². The van der Waals surface area contributed by atoms with Gasteiger partial charge in [0.15, 0.2) is 6.29 Å². The molecule has 1 saturated heterocycles. The van der Waals surface area contributed by atoms with Gasteiger partial charge in [-0.3, -0.25) is 4.79 Å². The van der Waals surface area contributed by atoms with Gasteiger partial charge in [0.2, 0.25) is 0 Å². The van der Waals surface area contributed by atoms with E-state index in [4.69, 9.17) is 4.74 Å². The lowest BCUT2D eigenvalue weighted by Crippen LogP contribution is -2.63. The number of aliphatic hydroxyl groups is 2. The minimum atomic E-state index is -0.789. The fourth-order valence-corrected chi connectivity index (χ4v) is 8.80. The van der Waals surface area contributed by atoms with Crippen LogP contribution >= 0.6 is 0 Å². The molecule has 4 aliphatic carbocycles. The quantitative estimate of drug-likeness (QED) is 0.621. The van der Waals surface area contributed by atoms with Gasteiger partial charge in [-0.1, -0.05) is 33.8 Å². The van der Waals surface area contributed by atoms with E-state index in [9.17, 15) is 15.0 Å². The zero-order chi connectivity index (χ0) is 20.1. The number of carbonyl (C=O) groups excluding carboxylic acids is 1. The second kappa shape index (κ2) is 5.92. The van der Waals surface area contributed by atoms with E-state index in [1.165, 1.54) is 5.57 Å². The zero-order valence-corrected chi connectivity index (χ0v) is 17.8. The summed E-state index contributed by atoms with van der Waals surface area (Å²) >= 11 is 0. The molecular formula is C24H36O4. The Morgan fingerprint density at radius 1 is 1.11 bits per heavy atom. The van der Waals surface area contributed by atoms with Crippen LogP contribution in [0.15, 0.2) is 11.6 Å². The van der Waals surface area contributed by atoms with Crippen LogP contribution in [0.2, 0.25) is 0 Å². The highest BCUT2D eigenvalue weighted by Gasteiger charge is 2.66. The number of hydrogen-bond donors (Lipinski definition) is 2. The molecule has 9 atom stereocenters. The number of ketones is 1. The van der Waals surface area contributed by atoms with Gasteiger partial charge >= 0.3 is 0 Å². The normalized spacial score (nSPS) is 54.9. The maximum absolute atomic E-state index is 12.7. The molecule has 5 rings (SSSR count). The highest BCUT2D eigenvalue weighted by molar-refractivity contribution is 5.85. The smallest absolute Gasteiger partial charge is 0.162 e. The van der Waals surface area contributed by atoms with Crippen LogP contribution in [-0.4, -0.2) is 35.0 Å². The molecule has 4 fully saturated rings. The molecule has 0 amide bonds. The van der Waals surface area contributed by atoms with Crippen molar-refractivity contribution >= 4 is 5.78 Å². The van der Waals surface area contributed by atoms with Gasteiger partial charge in [-0.05, 0) is 66.8 Å². The first-order chi connectivity index (χ1) is 13.1. The van der Waals surface area contributed by atoms with Crippen LogP contribution in [0.4, 0.5) is 0 Å². The maximum atomic E-state index is 12.7. The summed E-state index contributed by atoms with van der Waals surface area (Å²) in [5.41, 5.74) is 0.744. The summed E-state index contributed by atoms with van der Waals surface area (Å²) in [6, 6.07) is 0. The second-order valence-electron chi connectivity index (χ2n) is 11.5. The van der Waals surface area contributed by atoms with Crippen LogP contribution in [-0.2, 0) is 9.53 Å². The number of allylic oxidation sites excluding steroid dienone is 1. The number of aliphatic hydroxyl groups excluding tert-OH is 2. The van der Waals surface area contributed by atoms with Crippen molar-refractivity contribution in [3.05, 3.63) is 11.6 Å². The zero-order valence-electron chi connectivity index (χ0n) is 17.8. The van der Waals surface area contributed by atoms with E-state index in [1.807, 2.05) is 0 Å². The Kier molecular flexibility index (Phi) is 4.07. The third kappa shape index (κ3) is 2.20. The summed E-state index contributed by atoms with van der Waals surface area (Å²) < 4.78 is 5.58. The summed E-state index contributed by atoms with van der Waals surface area (Å²) in [5, 5.41) is 22.1. The first-order valence-electron chi connectivity index (χ1n) is 11.3. The van der Waals surface area contributed by atoms with Gasteiger partial charge < -0.3 is 14.9 Å². The van der Waals surface area contributed by atoms with E-state index in [2.05, 4.69) is 33.8 Å². The molecule has 1 heterocycles. The number of hydrogen-bond acceptors (Lipinski definition) is 4. The van der Waals surface area contributed by atoms with Crippen LogP contribution in [0, 0.1) is 45.8 Å². The maximum Gasteiger partial charge on any atom is 0.162 e. The molecule has 0 bridgehead atoms. The van der Waals surface area contributed by atoms with E-state index in [1.54, 1.807) is 0 Å². The van der Waals surface area contributed by atoms with Crippen LogP contribution in [0.25, 0.3) is 0 Å². The average Bonchev–Trinajstić information content (AvgIpc) is 3.02. The van der Waals surface area contributed by atoms with E-state index in [0.29, 0.717) is 42.5 Å². The molecule has 5 aliphatic rings. The molecule has 28 heavy (non-hydrogen) atoms. The van der Waals surface area contributed by atoms with Crippen molar-refractivity contribution in [2.75, 3.05) is 6.61 Å². The lowest BCUT2D eigenvalue weighted by atomic mass is 9.39. The minimum absolute atomic E-state index is 0.0721. The number of rotatable bonds is 0. The molecule has 9 unspecified atom stereocenters. The van der Waals surface area contributed by atoms with Gasteiger partial charge in [0.05, 0.1) is 12.7 Å². The molecule has 0 spiro atoms. The van der Waals surface area contributed by atoms with Crippen LogP contribution < -0.4 is 0 Å². The number of Topliss-reactive ketones (excluding diaryl/α,β-unsaturated/α-hetero) is 1. The standard InChI is InChI=1S/C24H36O4/c1-22(2)17-8-6-14-15-7-5-13-12-28-21(27)20(13)24(15,4)19(26)11-16(14)23(17,3)10-9-18(22)25/h5,14-17,19-21,26-27H,6-12H2,1-4H3. The third-order valence-electron chi connectivity index (χ3n) is 10.3. The van der Waals surface area contributed by atoms with E-state index in [-0.39, 0.29) is 22.2 Å². The first-order valence-corrected chi connectivity index (χ1v) is 11.3. The van der Waals surface area contributed by atoms with Gasteiger partial charge in [-0.25, -0.2) is 0 Å². The highest BCUT2D eigenvalue weighted by atomic mass is 16.6. The molecule has 0 aromatic rings. The molecule has 4 nitrogen and oxygen atoms in total. The summed E-state index contributed by atoms with van der Waals surface area (Å²) in [7, 11) is 0. The molecule has 3 saturated carbocycles. The molecule has 0 aromatic carbocycles. The Labute approximate surface area is 168 Å². The molecule has 0 radical (unpaired) electrons. The van der Waals surface area contributed by atoms with Crippen LogP contribution in [0.5, 0.6) is 0 Å². The van der Waals surface area contributed by atoms with Crippen molar-refractivity contribution in [3.63, 3.8) is 0 Å². The van der Waals surface area contributed by atoms with E-state index < -0.39 is 12.4 Å². The third-order valence-corrected chi connectivity index (χ3v) is 10.3. The molecule has 2 N–H and O–H groups in total. The number of carbonyl (C=O) groups is 1. The summed E-state index contributed by atoms with van der Waals surface area (Å²) in [6.45, 7) is 9.43. The van der Waals surface area contributed by atoms with Gasteiger partial charge in [0.25, 0.3) is 0 Å². The van der Waals surface area contributed by atoms with Gasteiger partial charge in [-0.2, -0.15) is 0 Å². The van der Waals surface area contributed by atoms with Crippen molar-refractivity contribution in [1.82, 2.24) is 0 Å². The lowest BCUT2D eigenvalue weighted by molar-refractivity contribution is -0.214. The van der Waals surface area contributed by atoms with Gasteiger partial charge in [-0.15, -0.1) is 0 Å². The first kappa shape index (κ1) is 19.3. The minimum Gasteiger partial charge on any atom is -0.393 e. The summed E-state index contributed by atoms with van der Waals surface area (Å²) in [5.74, 6) is 2.16. The fraction of sp³-hybridized carbons (Fsp3) is 0.875. The van der Waals surface area contributed by atoms with Crippen molar-refractivity contribution in [2.45, 2.75) is 78.6 Å². The van der Waals surface area contributed by atoms with Crippen molar-refractivity contribution < 1.29 is 19.7 Å². The largest absolute Gasteiger partial charge is 0.393 e. The summed E-state index contributed by atoms with van der Waals surface area (Å²) in [6.07, 6.45) is 6.76. The molecule has 0 aromatic heterocycles. The Morgan fingerprint density at radius 3 is 2.61 bits per heavy atom. The predicted molar refractivity (Wildman–Crippen MR) is 106 cm³/mol. The second-order valence-corrected chi connectivity index (χ2v) is 11.5. The molecular weight excluding hydrogens is 352 g/mol. The van der Waals surface area contributed by atoms with Crippen molar-refractivity contribution in [3.8, 4) is 0 Å². The van der Waals surface area contributed by atoms with Crippen LogP contribution in [0.3, 0.4) is 0 Å². The number of ether oxygens (including phenoxy) is 1. The molecule has 4 heteroatoms. The predicted octanol–water partition coefficient (Wildman–Crippen LogP) is 3.71. The van der Waals surface area contributed by atoms with Crippen molar-refractivity contribution in [1.29, 1.82) is 0 Å². The Bertz CT molecular complexity index is 726. The SMILES string of the molecule is CC1(C)C(=O)CCC2(C)C3CC(O)C4(C)C(CC=C5COC(O)C54)C3CCC12. The Hall–Kier alpha value is -0.710. The highest BCUT2D eigenvalue weighted by Crippen LogP contribution is 2.68. The van der Waals surface area contributed by atoms with E-state index >= 15 is 0 Å². The fourth-order valence-electron chi connectivity index (χ4n) is 8.80. The summed E-state index contributed by atoms with van der Waals surface area (Å²) in [4.78, 5) is 12.7. The van der Waals surface area contributed by atoms with Crippen LogP contribution in [0.1, 0.15) is 66.2 Å². The average molecular weight is 389 g/mol. The topological polar surface area (TPSA) is 66.8 Å².